The van der Waals surface area contributed by atoms with Gasteiger partial charge in [0.15, 0.2) is 0 Å². The molecule has 1 aromatic heterocycles. The van der Waals surface area contributed by atoms with Gasteiger partial charge in [-0.3, -0.25) is 5.10 Å². The largest absolute Gasteiger partial charge is 0.309 e. The van der Waals surface area contributed by atoms with Crippen LogP contribution in [0.1, 0.15) is 25.3 Å². The van der Waals surface area contributed by atoms with E-state index in [1.165, 1.54) is 0 Å². The molecule has 0 aliphatic rings. The Morgan fingerprint density at radius 2 is 2.33 bits per heavy atom. The topological polar surface area (TPSA) is 64.5 Å². The van der Waals surface area contributed by atoms with Crippen LogP contribution in [-0.4, -0.2) is 16.2 Å². The summed E-state index contributed by atoms with van der Waals surface area (Å²) in [6, 6.07) is 2.41. The number of nitrogens with zero attached hydrogens (tertiary/aromatic N) is 2. The molecule has 1 rings (SSSR count). The minimum absolute atomic E-state index is 0.240. The zero-order valence-corrected chi connectivity index (χ0v) is 11.5. The van der Waals surface area contributed by atoms with Gasteiger partial charge in [-0.25, -0.2) is 0 Å². The van der Waals surface area contributed by atoms with E-state index in [1.807, 2.05) is 0 Å². The molecule has 1 aromatic rings. The molecule has 15 heavy (non-hydrogen) atoms. The molecule has 1 atom stereocenters. The lowest BCUT2D eigenvalue weighted by molar-refractivity contribution is 0.504. The Morgan fingerprint density at radius 1 is 1.60 bits per heavy atom. The molecular weight excluding hydrogens is 324 g/mol. The minimum Gasteiger partial charge on any atom is -0.309 e. The second-order valence-electron chi connectivity index (χ2n) is 3.16. The van der Waals surface area contributed by atoms with Crippen molar-refractivity contribution in [2.45, 2.75) is 32.4 Å². The Labute approximate surface area is 106 Å². The highest BCUT2D eigenvalue weighted by atomic mass is 79.9. The molecule has 0 fully saturated rings. The molecule has 1 heterocycles. The van der Waals surface area contributed by atoms with E-state index >= 15 is 0 Å². The maximum absolute atomic E-state index is 8.61. The number of hydrogen-bond donors (Lipinski definition) is 2. The van der Waals surface area contributed by atoms with Gasteiger partial charge in [-0.15, -0.1) is 0 Å². The fourth-order valence-electron chi connectivity index (χ4n) is 1.19. The first-order valence-corrected chi connectivity index (χ1v) is 6.26. The monoisotopic (exact) mass is 334 g/mol. The SMILES string of the molecule is CCC(CC#N)NCc1c(Br)n[nH]c1Br. The van der Waals surface area contributed by atoms with Crippen molar-refractivity contribution in [3.63, 3.8) is 0 Å². The number of H-pyrrole nitrogens is 1. The normalized spacial score (nSPS) is 12.4. The quantitative estimate of drug-likeness (QED) is 0.869. The summed E-state index contributed by atoms with van der Waals surface area (Å²) >= 11 is 6.73. The van der Waals surface area contributed by atoms with Crippen molar-refractivity contribution in [3.8, 4) is 6.07 Å². The van der Waals surface area contributed by atoms with Crippen LogP contribution in [0.25, 0.3) is 0 Å². The molecule has 0 amide bonds. The molecule has 0 saturated carbocycles. The van der Waals surface area contributed by atoms with Crippen molar-refractivity contribution >= 4 is 31.9 Å². The Hall–Kier alpha value is -0.380. The van der Waals surface area contributed by atoms with Crippen LogP contribution in [0.2, 0.25) is 0 Å². The lowest BCUT2D eigenvalue weighted by atomic mass is 10.1. The molecule has 0 aromatic carbocycles. The van der Waals surface area contributed by atoms with Crippen molar-refractivity contribution in [2.75, 3.05) is 0 Å². The van der Waals surface area contributed by atoms with E-state index in [4.69, 9.17) is 5.26 Å². The second kappa shape index (κ2) is 6.26. The summed E-state index contributed by atoms with van der Waals surface area (Å²) in [5.74, 6) is 0. The summed E-state index contributed by atoms with van der Waals surface area (Å²) in [7, 11) is 0. The van der Waals surface area contributed by atoms with E-state index in [0.29, 0.717) is 13.0 Å². The van der Waals surface area contributed by atoms with E-state index in [-0.39, 0.29) is 6.04 Å². The second-order valence-corrected chi connectivity index (χ2v) is 4.70. The minimum atomic E-state index is 0.240. The standard InChI is InChI=1S/C9H12Br2N4/c1-2-6(3-4-12)13-5-7-8(10)14-15-9(7)11/h6,13H,2-3,5H2,1H3,(H,14,15). The molecule has 0 aliphatic heterocycles. The maximum Gasteiger partial charge on any atom is 0.133 e. The van der Waals surface area contributed by atoms with E-state index in [2.05, 4.69) is 60.4 Å². The number of aromatic nitrogens is 2. The highest BCUT2D eigenvalue weighted by Gasteiger charge is 2.11. The van der Waals surface area contributed by atoms with Crippen LogP contribution in [0.3, 0.4) is 0 Å². The van der Waals surface area contributed by atoms with Gasteiger partial charge < -0.3 is 5.32 Å². The van der Waals surface area contributed by atoms with E-state index in [0.717, 1.165) is 21.2 Å². The predicted octanol–water partition coefficient (Wildman–Crippen LogP) is 2.72. The zero-order valence-electron chi connectivity index (χ0n) is 8.35. The summed E-state index contributed by atoms with van der Waals surface area (Å²) in [5.41, 5.74) is 1.05. The van der Waals surface area contributed by atoms with Crippen molar-refractivity contribution in [1.82, 2.24) is 15.5 Å². The summed E-state index contributed by atoms with van der Waals surface area (Å²) in [4.78, 5) is 0. The number of nitriles is 1. The van der Waals surface area contributed by atoms with Crippen LogP contribution in [0.15, 0.2) is 9.21 Å². The van der Waals surface area contributed by atoms with Gasteiger partial charge in [0.05, 0.1) is 12.5 Å². The fourth-order valence-corrected chi connectivity index (χ4v) is 2.30. The first kappa shape index (κ1) is 12.7. The molecule has 82 valence electrons. The Bertz CT molecular complexity index is 336. The Balaban J connectivity index is 2.53. The molecule has 0 radical (unpaired) electrons. The molecule has 0 bridgehead atoms. The first-order chi connectivity index (χ1) is 7.19. The summed E-state index contributed by atoms with van der Waals surface area (Å²) in [6.07, 6.45) is 1.48. The average molecular weight is 336 g/mol. The molecule has 4 nitrogen and oxygen atoms in total. The van der Waals surface area contributed by atoms with Gasteiger partial charge in [-0.2, -0.15) is 10.4 Å². The molecule has 1 unspecified atom stereocenters. The Kier molecular flexibility index (Phi) is 5.29. The summed E-state index contributed by atoms with van der Waals surface area (Å²) in [5, 5.41) is 18.8. The molecule has 0 saturated heterocycles. The van der Waals surface area contributed by atoms with Gasteiger partial charge in [0, 0.05) is 18.2 Å². The number of nitrogens with one attached hydrogen (secondary N) is 2. The van der Waals surface area contributed by atoms with E-state index in [1.54, 1.807) is 0 Å². The van der Waals surface area contributed by atoms with Crippen LogP contribution in [0, 0.1) is 11.3 Å². The first-order valence-electron chi connectivity index (χ1n) is 4.67. The zero-order chi connectivity index (χ0) is 11.3. The van der Waals surface area contributed by atoms with Crippen LogP contribution in [-0.2, 0) is 6.54 Å². The van der Waals surface area contributed by atoms with Gasteiger partial charge in [0.1, 0.15) is 9.21 Å². The highest BCUT2D eigenvalue weighted by molar-refractivity contribution is 9.11. The van der Waals surface area contributed by atoms with E-state index in [9.17, 15) is 0 Å². The molecule has 2 N–H and O–H groups in total. The maximum atomic E-state index is 8.61. The number of rotatable bonds is 5. The highest BCUT2D eigenvalue weighted by Crippen LogP contribution is 2.21. The fraction of sp³-hybridized carbons (Fsp3) is 0.556. The number of hydrogen-bond acceptors (Lipinski definition) is 3. The van der Waals surface area contributed by atoms with Crippen molar-refractivity contribution in [2.24, 2.45) is 0 Å². The van der Waals surface area contributed by atoms with Crippen molar-refractivity contribution in [1.29, 1.82) is 5.26 Å². The third-order valence-corrected chi connectivity index (χ3v) is 3.48. The molecule has 0 spiro atoms. The van der Waals surface area contributed by atoms with Crippen molar-refractivity contribution in [3.05, 3.63) is 14.8 Å². The predicted molar refractivity (Wildman–Crippen MR) is 65.1 cm³/mol. The van der Waals surface area contributed by atoms with Crippen molar-refractivity contribution < 1.29 is 0 Å². The van der Waals surface area contributed by atoms with Gasteiger partial charge in [0.25, 0.3) is 0 Å². The lowest BCUT2D eigenvalue weighted by Crippen LogP contribution is -2.27. The Morgan fingerprint density at radius 3 is 2.80 bits per heavy atom. The van der Waals surface area contributed by atoms with Crippen LogP contribution >= 0.6 is 31.9 Å². The number of aromatic amines is 1. The van der Waals surface area contributed by atoms with Crippen LogP contribution in [0.5, 0.6) is 0 Å². The summed E-state index contributed by atoms with van der Waals surface area (Å²) < 4.78 is 1.67. The van der Waals surface area contributed by atoms with Gasteiger partial charge in [0.2, 0.25) is 0 Å². The smallest absolute Gasteiger partial charge is 0.133 e. The van der Waals surface area contributed by atoms with Gasteiger partial charge in [-0.05, 0) is 38.3 Å². The van der Waals surface area contributed by atoms with E-state index < -0.39 is 0 Å². The molecule has 6 heteroatoms. The van der Waals surface area contributed by atoms with Crippen LogP contribution < -0.4 is 5.32 Å². The average Bonchev–Trinajstić information content (AvgIpc) is 2.54. The van der Waals surface area contributed by atoms with Gasteiger partial charge >= 0.3 is 0 Å². The lowest BCUT2D eigenvalue weighted by Gasteiger charge is -2.12. The third kappa shape index (κ3) is 3.59. The molecule has 0 aliphatic carbocycles. The molecular formula is C9H12Br2N4. The number of halogens is 2. The summed E-state index contributed by atoms with van der Waals surface area (Å²) in [6.45, 7) is 2.76. The van der Waals surface area contributed by atoms with Crippen LogP contribution in [0.4, 0.5) is 0 Å². The third-order valence-electron chi connectivity index (χ3n) is 2.16. The van der Waals surface area contributed by atoms with Gasteiger partial charge in [-0.1, -0.05) is 6.92 Å².